The van der Waals surface area contributed by atoms with Crippen LogP contribution in [0.25, 0.3) is 0 Å². The standard InChI is InChI=1S/C11H11FN2O/c12-9-3-4-10(11(14)8(9)5-13)15-6-7-1-2-7/h3-4,7H,1-2,6,14H2. The summed E-state index contributed by atoms with van der Waals surface area (Å²) < 4.78 is 18.5. The Morgan fingerprint density at radius 1 is 1.53 bits per heavy atom. The van der Waals surface area contributed by atoms with E-state index in [1.807, 2.05) is 0 Å². The molecule has 3 nitrogen and oxygen atoms in total. The van der Waals surface area contributed by atoms with Gasteiger partial charge in [-0.3, -0.25) is 0 Å². The lowest BCUT2D eigenvalue weighted by Crippen LogP contribution is -2.04. The van der Waals surface area contributed by atoms with E-state index in [9.17, 15) is 4.39 Å². The number of nitrogens with zero attached hydrogens (tertiary/aromatic N) is 1. The van der Waals surface area contributed by atoms with Crippen molar-refractivity contribution in [2.24, 2.45) is 5.92 Å². The molecule has 2 N–H and O–H groups in total. The minimum atomic E-state index is -0.603. The largest absolute Gasteiger partial charge is 0.491 e. The SMILES string of the molecule is N#Cc1c(F)ccc(OCC2CC2)c1N. The molecule has 78 valence electrons. The van der Waals surface area contributed by atoms with E-state index in [1.54, 1.807) is 6.07 Å². The van der Waals surface area contributed by atoms with Crippen molar-refractivity contribution in [3.8, 4) is 11.8 Å². The van der Waals surface area contributed by atoms with Crippen molar-refractivity contribution in [1.82, 2.24) is 0 Å². The number of nitrogens with two attached hydrogens (primary N) is 1. The molecule has 0 saturated heterocycles. The van der Waals surface area contributed by atoms with Gasteiger partial charge in [-0.1, -0.05) is 0 Å². The highest BCUT2D eigenvalue weighted by molar-refractivity contribution is 5.63. The zero-order valence-corrected chi connectivity index (χ0v) is 8.16. The fourth-order valence-corrected chi connectivity index (χ4v) is 1.31. The van der Waals surface area contributed by atoms with E-state index < -0.39 is 5.82 Å². The second-order valence-corrected chi connectivity index (χ2v) is 3.70. The van der Waals surface area contributed by atoms with Gasteiger partial charge in [0, 0.05) is 0 Å². The highest BCUT2D eigenvalue weighted by atomic mass is 19.1. The van der Waals surface area contributed by atoms with Crippen molar-refractivity contribution >= 4 is 5.69 Å². The summed E-state index contributed by atoms with van der Waals surface area (Å²) in [7, 11) is 0. The monoisotopic (exact) mass is 206 g/mol. The molecule has 0 radical (unpaired) electrons. The molecule has 0 bridgehead atoms. The van der Waals surface area contributed by atoms with Crippen LogP contribution in [0.4, 0.5) is 10.1 Å². The van der Waals surface area contributed by atoms with Crippen molar-refractivity contribution < 1.29 is 9.13 Å². The van der Waals surface area contributed by atoms with Gasteiger partial charge in [-0.25, -0.2) is 4.39 Å². The number of rotatable bonds is 3. The summed E-state index contributed by atoms with van der Waals surface area (Å²) in [5, 5.41) is 8.69. The summed E-state index contributed by atoms with van der Waals surface area (Å²) >= 11 is 0. The second kappa shape index (κ2) is 3.77. The highest BCUT2D eigenvalue weighted by Crippen LogP contribution is 2.32. The van der Waals surface area contributed by atoms with Crippen LogP contribution in [-0.2, 0) is 0 Å². The molecule has 0 spiro atoms. The molecular weight excluding hydrogens is 195 g/mol. The van der Waals surface area contributed by atoms with E-state index in [0.29, 0.717) is 18.3 Å². The predicted octanol–water partition coefficient (Wildman–Crippen LogP) is 2.07. The van der Waals surface area contributed by atoms with Crippen LogP contribution in [0.5, 0.6) is 5.75 Å². The van der Waals surface area contributed by atoms with Crippen LogP contribution < -0.4 is 10.5 Å². The third-order valence-corrected chi connectivity index (χ3v) is 2.44. The fraction of sp³-hybridized carbons (Fsp3) is 0.364. The average Bonchev–Trinajstić information content (AvgIpc) is 3.01. The molecule has 0 amide bonds. The molecule has 2 rings (SSSR count). The van der Waals surface area contributed by atoms with Crippen molar-refractivity contribution in [3.05, 3.63) is 23.5 Å². The minimum Gasteiger partial charge on any atom is -0.491 e. The number of halogens is 1. The molecule has 1 fully saturated rings. The number of benzene rings is 1. The topological polar surface area (TPSA) is 59.0 Å². The molecule has 1 saturated carbocycles. The van der Waals surface area contributed by atoms with Crippen LogP contribution in [-0.4, -0.2) is 6.61 Å². The van der Waals surface area contributed by atoms with Crippen LogP contribution in [0, 0.1) is 23.1 Å². The third-order valence-electron chi connectivity index (χ3n) is 2.44. The van der Waals surface area contributed by atoms with Crippen LogP contribution in [0.15, 0.2) is 12.1 Å². The Kier molecular flexibility index (Phi) is 2.46. The van der Waals surface area contributed by atoms with Gasteiger partial charge in [-0.2, -0.15) is 5.26 Å². The minimum absolute atomic E-state index is 0.0955. The zero-order valence-electron chi connectivity index (χ0n) is 8.16. The number of ether oxygens (including phenoxy) is 1. The Bertz CT molecular complexity index is 421. The Hall–Kier alpha value is -1.76. The Balaban J connectivity index is 2.19. The first-order valence-electron chi connectivity index (χ1n) is 4.83. The first-order chi connectivity index (χ1) is 7.22. The molecular formula is C11H11FN2O. The van der Waals surface area contributed by atoms with Crippen molar-refractivity contribution in [2.75, 3.05) is 12.3 Å². The van der Waals surface area contributed by atoms with Crippen molar-refractivity contribution in [2.45, 2.75) is 12.8 Å². The van der Waals surface area contributed by atoms with E-state index in [1.165, 1.54) is 25.0 Å². The molecule has 1 aliphatic carbocycles. The molecule has 0 aromatic heterocycles. The summed E-state index contributed by atoms with van der Waals surface area (Å²) in [5.41, 5.74) is 5.57. The molecule has 0 unspecified atom stereocenters. The lowest BCUT2D eigenvalue weighted by molar-refractivity contribution is 0.301. The number of nitriles is 1. The van der Waals surface area contributed by atoms with Crippen molar-refractivity contribution in [3.63, 3.8) is 0 Å². The van der Waals surface area contributed by atoms with E-state index in [-0.39, 0.29) is 11.3 Å². The Morgan fingerprint density at radius 2 is 2.27 bits per heavy atom. The number of hydrogen-bond donors (Lipinski definition) is 1. The Labute approximate surface area is 87.3 Å². The van der Waals surface area contributed by atoms with Gasteiger partial charge >= 0.3 is 0 Å². The summed E-state index contributed by atoms with van der Waals surface area (Å²) in [5.74, 6) is 0.397. The molecule has 1 aromatic rings. The van der Waals surface area contributed by atoms with Crippen LogP contribution in [0.3, 0.4) is 0 Å². The maximum absolute atomic E-state index is 13.1. The normalized spacial score (nSPS) is 14.7. The summed E-state index contributed by atoms with van der Waals surface area (Å²) in [4.78, 5) is 0. The molecule has 1 aliphatic rings. The number of hydrogen-bond acceptors (Lipinski definition) is 3. The van der Waals surface area contributed by atoms with Crippen LogP contribution >= 0.6 is 0 Å². The molecule has 0 atom stereocenters. The van der Waals surface area contributed by atoms with Crippen LogP contribution in [0.2, 0.25) is 0 Å². The van der Waals surface area contributed by atoms with Gasteiger partial charge in [-0.05, 0) is 30.9 Å². The Morgan fingerprint density at radius 3 is 2.87 bits per heavy atom. The quantitative estimate of drug-likeness (QED) is 0.770. The van der Waals surface area contributed by atoms with Gasteiger partial charge in [0.15, 0.2) is 0 Å². The first kappa shape index (κ1) is 9.78. The molecule has 0 aliphatic heterocycles. The lowest BCUT2D eigenvalue weighted by atomic mass is 10.1. The maximum atomic E-state index is 13.1. The molecule has 15 heavy (non-hydrogen) atoms. The third kappa shape index (κ3) is 2.01. The van der Waals surface area contributed by atoms with Crippen LogP contribution in [0.1, 0.15) is 18.4 Å². The van der Waals surface area contributed by atoms with E-state index in [4.69, 9.17) is 15.7 Å². The van der Waals surface area contributed by atoms with Gasteiger partial charge in [0.05, 0.1) is 12.3 Å². The molecule has 0 heterocycles. The van der Waals surface area contributed by atoms with Crippen molar-refractivity contribution in [1.29, 1.82) is 5.26 Å². The van der Waals surface area contributed by atoms with Gasteiger partial charge in [0.2, 0.25) is 0 Å². The van der Waals surface area contributed by atoms with Gasteiger partial charge in [0.25, 0.3) is 0 Å². The number of nitrogen functional groups attached to an aromatic ring is 1. The fourth-order valence-electron chi connectivity index (χ4n) is 1.31. The smallest absolute Gasteiger partial charge is 0.143 e. The van der Waals surface area contributed by atoms with E-state index in [0.717, 1.165) is 0 Å². The molecule has 1 aromatic carbocycles. The van der Waals surface area contributed by atoms with Gasteiger partial charge < -0.3 is 10.5 Å². The summed E-state index contributed by atoms with van der Waals surface area (Å²) in [6.45, 7) is 0.598. The summed E-state index contributed by atoms with van der Waals surface area (Å²) in [6.07, 6.45) is 2.35. The number of anilines is 1. The van der Waals surface area contributed by atoms with Gasteiger partial charge in [0.1, 0.15) is 23.2 Å². The highest BCUT2D eigenvalue weighted by Gasteiger charge is 2.22. The first-order valence-corrected chi connectivity index (χ1v) is 4.83. The second-order valence-electron chi connectivity index (χ2n) is 3.70. The molecule has 4 heteroatoms. The van der Waals surface area contributed by atoms with Gasteiger partial charge in [-0.15, -0.1) is 0 Å². The zero-order chi connectivity index (χ0) is 10.8. The maximum Gasteiger partial charge on any atom is 0.143 e. The van der Waals surface area contributed by atoms with E-state index in [2.05, 4.69) is 0 Å². The lowest BCUT2D eigenvalue weighted by Gasteiger charge is -2.09. The summed E-state index contributed by atoms with van der Waals surface area (Å²) in [6, 6.07) is 4.40. The average molecular weight is 206 g/mol. The predicted molar refractivity (Wildman–Crippen MR) is 53.7 cm³/mol. The van der Waals surface area contributed by atoms with E-state index >= 15 is 0 Å².